The van der Waals surface area contributed by atoms with Crippen LogP contribution in [0.15, 0.2) is 36.4 Å². The number of phenols is 1. The summed E-state index contributed by atoms with van der Waals surface area (Å²) in [6, 6.07) is 9.01. The van der Waals surface area contributed by atoms with Crippen molar-refractivity contribution >= 4 is 16.7 Å². The van der Waals surface area contributed by atoms with Crippen LogP contribution in [-0.2, 0) is 4.74 Å². The average Bonchev–Trinajstić information content (AvgIpc) is 2.62. The van der Waals surface area contributed by atoms with E-state index in [-0.39, 0.29) is 17.7 Å². The number of alkyl halides is 3. The number of fused-ring (bicyclic) bond motifs is 1. The van der Waals surface area contributed by atoms with Gasteiger partial charge < -0.3 is 9.84 Å². The standard InChI is InChI=1S/C21H25F3O3/c1-2-3-4-5-6-7-8-19(21(22,23)24)27-20(26)17-10-9-16-14-18(25)12-11-15(16)13-17/h9-14,19,25H,2-8H2,1H3. The number of hydrogen-bond acceptors (Lipinski definition) is 3. The number of hydrogen-bond donors (Lipinski definition) is 1. The van der Waals surface area contributed by atoms with E-state index in [1.165, 1.54) is 24.3 Å². The summed E-state index contributed by atoms with van der Waals surface area (Å²) < 4.78 is 44.4. The van der Waals surface area contributed by atoms with Crippen LogP contribution in [0.2, 0.25) is 0 Å². The lowest BCUT2D eigenvalue weighted by Crippen LogP contribution is -2.33. The Labute approximate surface area is 157 Å². The van der Waals surface area contributed by atoms with E-state index >= 15 is 0 Å². The first-order chi connectivity index (χ1) is 12.8. The van der Waals surface area contributed by atoms with Crippen LogP contribution in [0, 0.1) is 0 Å². The number of benzene rings is 2. The summed E-state index contributed by atoms with van der Waals surface area (Å²) in [5.41, 5.74) is 0.0605. The minimum absolute atomic E-state index is 0.0605. The van der Waals surface area contributed by atoms with Crippen LogP contribution in [-0.4, -0.2) is 23.4 Å². The normalized spacial score (nSPS) is 12.9. The van der Waals surface area contributed by atoms with Crippen LogP contribution in [0.5, 0.6) is 5.75 Å². The topological polar surface area (TPSA) is 46.5 Å². The molecule has 0 aliphatic rings. The first-order valence-corrected chi connectivity index (χ1v) is 9.31. The number of halogens is 3. The maximum absolute atomic E-state index is 13.2. The van der Waals surface area contributed by atoms with Crippen molar-refractivity contribution in [1.29, 1.82) is 0 Å². The minimum atomic E-state index is -4.58. The van der Waals surface area contributed by atoms with Gasteiger partial charge >= 0.3 is 12.1 Å². The number of rotatable bonds is 9. The second-order valence-corrected chi connectivity index (χ2v) is 6.74. The van der Waals surface area contributed by atoms with Crippen molar-refractivity contribution in [3.05, 3.63) is 42.0 Å². The monoisotopic (exact) mass is 382 g/mol. The molecule has 0 spiro atoms. The van der Waals surface area contributed by atoms with Gasteiger partial charge in [0.15, 0.2) is 6.10 Å². The molecule has 6 heteroatoms. The molecule has 0 aliphatic carbocycles. The van der Waals surface area contributed by atoms with Crippen LogP contribution < -0.4 is 0 Å². The van der Waals surface area contributed by atoms with E-state index in [2.05, 4.69) is 6.92 Å². The molecule has 27 heavy (non-hydrogen) atoms. The lowest BCUT2D eigenvalue weighted by Gasteiger charge is -2.20. The SMILES string of the molecule is CCCCCCCCC(OC(=O)c1ccc2cc(O)ccc2c1)C(F)(F)F. The highest BCUT2D eigenvalue weighted by molar-refractivity contribution is 5.95. The first-order valence-electron chi connectivity index (χ1n) is 9.31. The van der Waals surface area contributed by atoms with Crippen LogP contribution in [0.4, 0.5) is 13.2 Å². The molecular formula is C21H25F3O3. The van der Waals surface area contributed by atoms with Gasteiger partial charge in [-0.2, -0.15) is 13.2 Å². The second kappa shape index (κ2) is 9.62. The Kier molecular flexibility index (Phi) is 7.51. The summed E-state index contributed by atoms with van der Waals surface area (Å²) in [6.45, 7) is 2.08. The van der Waals surface area contributed by atoms with Gasteiger partial charge in [-0.3, -0.25) is 0 Å². The van der Waals surface area contributed by atoms with E-state index in [1.807, 2.05) is 0 Å². The van der Waals surface area contributed by atoms with Crippen LogP contribution in [0.25, 0.3) is 10.8 Å². The zero-order chi connectivity index (χ0) is 19.9. The Balaban J connectivity index is 1.99. The van der Waals surface area contributed by atoms with E-state index in [1.54, 1.807) is 12.1 Å². The van der Waals surface area contributed by atoms with E-state index < -0.39 is 18.2 Å². The van der Waals surface area contributed by atoms with Crippen molar-refractivity contribution in [2.75, 3.05) is 0 Å². The largest absolute Gasteiger partial charge is 0.508 e. The van der Waals surface area contributed by atoms with Gasteiger partial charge in [0.2, 0.25) is 0 Å². The third kappa shape index (κ3) is 6.45. The van der Waals surface area contributed by atoms with E-state index in [0.29, 0.717) is 23.6 Å². The fourth-order valence-electron chi connectivity index (χ4n) is 2.96. The quantitative estimate of drug-likeness (QED) is 0.404. The van der Waals surface area contributed by atoms with Crippen LogP contribution in [0.3, 0.4) is 0 Å². The molecule has 1 N–H and O–H groups in total. The van der Waals surface area contributed by atoms with Crippen LogP contribution in [0.1, 0.15) is 62.2 Å². The smallest absolute Gasteiger partial charge is 0.425 e. The molecule has 0 aliphatic heterocycles. The fraction of sp³-hybridized carbons (Fsp3) is 0.476. The number of esters is 1. The number of aromatic hydroxyl groups is 1. The number of phenolic OH excluding ortho intramolecular Hbond substituents is 1. The predicted octanol–water partition coefficient (Wildman–Crippen LogP) is 6.38. The highest BCUT2D eigenvalue weighted by atomic mass is 19.4. The van der Waals surface area contributed by atoms with E-state index in [4.69, 9.17) is 4.74 Å². The molecule has 0 saturated heterocycles. The third-order valence-corrected chi connectivity index (χ3v) is 4.49. The lowest BCUT2D eigenvalue weighted by molar-refractivity contribution is -0.206. The third-order valence-electron chi connectivity index (χ3n) is 4.49. The molecule has 2 aromatic carbocycles. The molecule has 0 fully saturated rings. The molecule has 0 amide bonds. The Morgan fingerprint density at radius 2 is 1.63 bits per heavy atom. The van der Waals surface area contributed by atoms with E-state index in [0.717, 1.165) is 25.7 Å². The molecule has 0 aromatic heterocycles. The van der Waals surface area contributed by atoms with Gasteiger partial charge in [0.05, 0.1) is 5.56 Å². The Morgan fingerprint density at radius 3 is 2.33 bits per heavy atom. The van der Waals surface area contributed by atoms with Gasteiger partial charge in [0.25, 0.3) is 0 Å². The van der Waals surface area contributed by atoms with Crippen molar-refractivity contribution in [1.82, 2.24) is 0 Å². The predicted molar refractivity (Wildman–Crippen MR) is 98.9 cm³/mol. The number of unbranched alkanes of at least 4 members (excludes halogenated alkanes) is 5. The first kappa shape index (κ1) is 21.1. The molecule has 1 atom stereocenters. The molecule has 2 aromatic rings. The minimum Gasteiger partial charge on any atom is -0.508 e. The fourth-order valence-corrected chi connectivity index (χ4v) is 2.96. The lowest BCUT2D eigenvalue weighted by atomic mass is 10.1. The van der Waals surface area contributed by atoms with Crippen molar-refractivity contribution in [3.63, 3.8) is 0 Å². The summed E-state index contributed by atoms with van der Waals surface area (Å²) in [4.78, 5) is 12.2. The van der Waals surface area contributed by atoms with Gasteiger partial charge in [-0.15, -0.1) is 0 Å². The molecule has 148 valence electrons. The summed E-state index contributed by atoms with van der Waals surface area (Å²) in [5, 5.41) is 10.8. The molecule has 3 nitrogen and oxygen atoms in total. The molecule has 0 radical (unpaired) electrons. The summed E-state index contributed by atoms with van der Waals surface area (Å²) >= 11 is 0. The highest BCUT2D eigenvalue weighted by Crippen LogP contribution is 2.29. The van der Waals surface area contributed by atoms with Crippen molar-refractivity contribution in [3.8, 4) is 5.75 Å². The molecule has 0 bridgehead atoms. The van der Waals surface area contributed by atoms with E-state index in [9.17, 15) is 23.1 Å². The number of carbonyl (C=O) groups is 1. The molecule has 1 unspecified atom stereocenters. The van der Waals surface area contributed by atoms with Gasteiger partial charge in [-0.25, -0.2) is 4.79 Å². The Morgan fingerprint density at radius 1 is 1.00 bits per heavy atom. The number of ether oxygens (including phenoxy) is 1. The zero-order valence-electron chi connectivity index (χ0n) is 15.4. The average molecular weight is 382 g/mol. The molecule has 2 rings (SSSR count). The van der Waals surface area contributed by atoms with Gasteiger partial charge in [0, 0.05) is 0 Å². The molecule has 0 heterocycles. The van der Waals surface area contributed by atoms with Crippen molar-refractivity contribution < 1.29 is 27.8 Å². The van der Waals surface area contributed by atoms with Crippen LogP contribution >= 0.6 is 0 Å². The number of carbonyl (C=O) groups excluding carboxylic acids is 1. The van der Waals surface area contributed by atoms with Gasteiger partial charge in [-0.05, 0) is 47.9 Å². The maximum Gasteiger partial charge on any atom is 0.425 e. The Hall–Kier alpha value is -2.24. The Bertz CT molecular complexity index is 756. The van der Waals surface area contributed by atoms with Crippen molar-refractivity contribution in [2.24, 2.45) is 0 Å². The zero-order valence-corrected chi connectivity index (χ0v) is 15.4. The highest BCUT2D eigenvalue weighted by Gasteiger charge is 2.42. The van der Waals surface area contributed by atoms with Gasteiger partial charge in [-0.1, -0.05) is 51.2 Å². The van der Waals surface area contributed by atoms with Crippen molar-refractivity contribution in [2.45, 2.75) is 64.1 Å². The molecule has 0 saturated carbocycles. The second-order valence-electron chi connectivity index (χ2n) is 6.74. The summed E-state index contributed by atoms with van der Waals surface area (Å²) in [6.07, 6.45) is -1.76. The summed E-state index contributed by atoms with van der Waals surface area (Å²) in [7, 11) is 0. The van der Waals surface area contributed by atoms with Gasteiger partial charge in [0.1, 0.15) is 5.75 Å². The molecular weight excluding hydrogens is 357 g/mol. The summed E-state index contributed by atoms with van der Waals surface area (Å²) in [5.74, 6) is -0.910. The maximum atomic E-state index is 13.2.